The molecule has 33 heavy (non-hydrogen) atoms. The zero-order valence-corrected chi connectivity index (χ0v) is 19.1. The third-order valence-corrected chi connectivity index (χ3v) is 5.89. The number of nitrogens with zero attached hydrogens (tertiary/aromatic N) is 2. The summed E-state index contributed by atoms with van der Waals surface area (Å²) < 4.78 is 2.04. The SMILES string of the molecule is O=C(CCCCCn1c(=S)[nH]c2ccccc2c1=O)Nc1ccc(Cc2ccncc2)cc1. The van der Waals surface area contributed by atoms with E-state index in [2.05, 4.69) is 15.3 Å². The van der Waals surface area contributed by atoms with E-state index in [1.165, 1.54) is 11.1 Å². The van der Waals surface area contributed by atoms with E-state index in [-0.39, 0.29) is 11.5 Å². The molecule has 0 atom stereocenters. The van der Waals surface area contributed by atoms with Crippen LogP contribution < -0.4 is 10.9 Å². The Kier molecular flexibility index (Phi) is 7.42. The number of amides is 1. The molecule has 2 aromatic carbocycles. The van der Waals surface area contributed by atoms with Crippen LogP contribution in [-0.4, -0.2) is 20.4 Å². The molecule has 0 radical (unpaired) electrons. The molecule has 0 fully saturated rings. The molecule has 0 aliphatic heterocycles. The smallest absolute Gasteiger partial charge is 0.262 e. The van der Waals surface area contributed by atoms with Gasteiger partial charge in [0.05, 0.1) is 10.9 Å². The van der Waals surface area contributed by atoms with Crippen molar-refractivity contribution in [2.45, 2.75) is 38.6 Å². The Bertz CT molecular complexity index is 1340. The average molecular weight is 459 g/mol. The highest BCUT2D eigenvalue weighted by atomic mass is 32.1. The Balaban J connectivity index is 1.21. The van der Waals surface area contributed by atoms with Gasteiger partial charge in [0.1, 0.15) is 0 Å². The normalized spacial score (nSPS) is 10.9. The van der Waals surface area contributed by atoms with Crippen molar-refractivity contribution in [1.82, 2.24) is 14.5 Å². The number of rotatable bonds is 9. The van der Waals surface area contributed by atoms with Crippen LogP contribution in [0.2, 0.25) is 0 Å². The molecule has 0 aliphatic rings. The number of para-hydroxylation sites is 1. The van der Waals surface area contributed by atoms with Gasteiger partial charge >= 0.3 is 0 Å². The fourth-order valence-electron chi connectivity index (χ4n) is 3.80. The van der Waals surface area contributed by atoms with Crippen molar-refractivity contribution in [2.24, 2.45) is 0 Å². The van der Waals surface area contributed by atoms with Gasteiger partial charge in [-0.25, -0.2) is 0 Å². The molecular weight excluding hydrogens is 432 g/mol. The van der Waals surface area contributed by atoms with Crippen LogP contribution in [0.15, 0.2) is 77.9 Å². The lowest BCUT2D eigenvalue weighted by molar-refractivity contribution is -0.116. The topological polar surface area (TPSA) is 79.8 Å². The molecular formula is C26H26N4O2S. The first-order valence-corrected chi connectivity index (χ1v) is 11.5. The van der Waals surface area contributed by atoms with Gasteiger partial charge in [-0.15, -0.1) is 0 Å². The lowest BCUT2D eigenvalue weighted by atomic mass is 10.1. The molecule has 0 saturated carbocycles. The Labute approximate surface area is 197 Å². The Hall–Kier alpha value is -3.58. The minimum absolute atomic E-state index is 0.00273. The number of aromatic amines is 1. The number of H-pyrrole nitrogens is 1. The first-order chi connectivity index (χ1) is 16.1. The highest BCUT2D eigenvalue weighted by Gasteiger charge is 2.06. The largest absolute Gasteiger partial charge is 0.332 e. The van der Waals surface area contributed by atoms with Crippen LogP contribution in [0.3, 0.4) is 0 Å². The van der Waals surface area contributed by atoms with Gasteiger partial charge in [0.2, 0.25) is 5.91 Å². The maximum Gasteiger partial charge on any atom is 0.262 e. The van der Waals surface area contributed by atoms with E-state index in [0.29, 0.717) is 23.1 Å². The minimum Gasteiger partial charge on any atom is -0.332 e. The molecule has 0 bridgehead atoms. The second kappa shape index (κ2) is 10.8. The zero-order chi connectivity index (χ0) is 23.0. The number of fused-ring (bicyclic) bond motifs is 1. The molecule has 7 heteroatoms. The number of carbonyl (C=O) groups is 1. The van der Waals surface area contributed by atoms with Crippen LogP contribution in [0.5, 0.6) is 0 Å². The molecule has 1 amide bonds. The number of hydrogen-bond donors (Lipinski definition) is 2. The molecule has 2 aromatic heterocycles. The predicted molar refractivity (Wildman–Crippen MR) is 134 cm³/mol. The van der Waals surface area contributed by atoms with E-state index in [1.54, 1.807) is 23.0 Å². The van der Waals surface area contributed by atoms with Gasteiger partial charge in [0, 0.05) is 31.0 Å². The van der Waals surface area contributed by atoms with Gasteiger partial charge in [-0.2, -0.15) is 0 Å². The molecule has 2 N–H and O–H groups in total. The molecule has 2 heterocycles. The quantitative estimate of drug-likeness (QED) is 0.265. The van der Waals surface area contributed by atoms with Crippen LogP contribution in [0, 0.1) is 4.77 Å². The van der Waals surface area contributed by atoms with E-state index in [9.17, 15) is 9.59 Å². The van der Waals surface area contributed by atoms with Crippen LogP contribution >= 0.6 is 12.2 Å². The standard InChI is InChI=1S/C26H26N4O2S/c31-24(28-21-11-9-19(10-12-21)18-20-13-15-27-16-14-20)8-2-1-5-17-30-25(32)22-6-3-4-7-23(22)29-26(30)33/h3-4,6-7,9-16H,1-2,5,8,17-18H2,(H,28,31)(H,29,33). The summed E-state index contributed by atoms with van der Waals surface area (Å²) in [6, 6.07) is 19.3. The summed E-state index contributed by atoms with van der Waals surface area (Å²) in [6.45, 7) is 0.541. The van der Waals surface area contributed by atoms with Gasteiger partial charge in [-0.1, -0.05) is 30.7 Å². The number of carbonyl (C=O) groups excluding carboxylic acids is 1. The summed E-state index contributed by atoms with van der Waals surface area (Å²) in [4.78, 5) is 32.1. The lowest BCUT2D eigenvalue weighted by Gasteiger charge is -2.09. The second-order valence-corrected chi connectivity index (χ2v) is 8.41. The van der Waals surface area contributed by atoms with Crippen molar-refractivity contribution >= 4 is 34.7 Å². The number of aromatic nitrogens is 3. The summed E-state index contributed by atoms with van der Waals surface area (Å²) in [5, 5.41) is 3.59. The Morgan fingerprint density at radius 3 is 2.45 bits per heavy atom. The van der Waals surface area contributed by atoms with Crippen LogP contribution in [0.4, 0.5) is 5.69 Å². The highest BCUT2D eigenvalue weighted by molar-refractivity contribution is 7.71. The third-order valence-electron chi connectivity index (χ3n) is 5.57. The summed E-state index contributed by atoms with van der Waals surface area (Å²) in [7, 11) is 0. The molecule has 0 unspecified atom stereocenters. The molecule has 0 spiro atoms. The number of hydrogen-bond acceptors (Lipinski definition) is 4. The van der Waals surface area contributed by atoms with Crippen molar-refractivity contribution in [3.05, 3.63) is 99.3 Å². The van der Waals surface area contributed by atoms with Crippen LogP contribution in [-0.2, 0) is 17.8 Å². The monoisotopic (exact) mass is 458 g/mol. The maximum atomic E-state index is 12.7. The minimum atomic E-state index is -0.0699. The van der Waals surface area contributed by atoms with E-state index < -0.39 is 0 Å². The first-order valence-electron chi connectivity index (χ1n) is 11.1. The van der Waals surface area contributed by atoms with Crippen molar-refractivity contribution < 1.29 is 4.79 Å². The summed E-state index contributed by atoms with van der Waals surface area (Å²) >= 11 is 5.35. The number of nitrogens with one attached hydrogen (secondary N) is 2. The Morgan fingerprint density at radius 2 is 1.67 bits per heavy atom. The molecule has 4 rings (SSSR count). The van der Waals surface area contributed by atoms with Gasteiger partial charge in [0.15, 0.2) is 4.77 Å². The molecule has 4 aromatic rings. The molecule has 168 valence electrons. The third kappa shape index (κ3) is 6.02. The number of pyridine rings is 1. The number of unbranched alkanes of at least 4 members (excludes halogenated alkanes) is 2. The van der Waals surface area contributed by atoms with Gasteiger partial charge < -0.3 is 10.3 Å². The lowest BCUT2D eigenvalue weighted by Crippen LogP contribution is -2.22. The Morgan fingerprint density at radius 1 is 0.939 bits per heavy atom. The number of benzene rings is 2. The van der Waals surface area contributed by atoms with Crippen molar-refractivity contribution in [1.29, 1.82) is 0 Å². The highest BCUT2D eigenvalue weighted by Crippen LogP contribution is 2.14. The zero-order valence-electron chi connectivity index (χ0n) is 18.3. The van der Waals surface area contributed by atoms with Gasteiger partial charge in [0.25, 0.3) is 5.56 Å². The number of anilines is 1. The van der Waals surface area contributed by atoms with Gasteiger partial charge in [-0.05, 0) is 79.0 Å². The van der Waals surface area contributed by atoms with Gasteiger partial charge in [-0.3, -0.25) is 19.1 Å². The summed E-state index contributed by atoms with van der Waals surface area (Å²) in [6.07, 6.45) is 7.24. The first kappa shape index (κ1) is 22.6. The molecule has 6 nitrogen and oxygen atoms in total. The molecule has 0 saturated heterocycles. The molecule has 0 aliphatic carbocycles. The van der Waals surface area contributed by atoms with E-state index in [0.717, 1.165) is 36.9 Å². The summed E-state index contributed by atoms with van der Waals surface area (Å²) in [5.74, 6) is -0.00273. The van der Waals surface area contributed by atoms with Crippen molar-refractivity contribution in [3.63, 3.8) is 0 Å². The van der Waals surface area contributed by atoms with Crippen molar-refractivity contribution in [3.8, 4) is 0 Å². The average Bonchev–Trinajstić information content (AvgIpc) is 2.82. The second-order valence-electron chi connectivity index (χ2n) is 8.02. The fourth-order valence-corrected chi connectivity index (χ4v) is 4.08. The maximum absolute atomic E-state index is 12.7. The van der Waals surface area contributed by atoms with E-state index >= 15 is 0 Å². The summed E-state index contributed by atoms with van der Waals surface area (Å²) in [5.41, 5.74) is 3.87. The van der Waals surface area contributed by atoms with E-state index in [4.69, 9.17) is 12.2 Å². The van der Waals surface area contributed by atoms with Crippen LogP contribution in [0.1, 0.15) is 36.8 Å². The fraction of sp³-hybridized carbons (Fsp3) is 0.231. The van der Waals surface area contributed by atoms with E-state index in [1.807, 2.05) is 54.6 Å². The van der Waals surface area contributed by atoms with Crippen molar-refractivity contribution in [2.75, 3.05) is 5.32 Å². The van der Waals surface area contributed by atoms with Crippen LogP contribution in [0.25, 0.3) is 10.9 Å². The predicted octanol–water partition coefficient (Wildman–Crippen LogP) is 5.24.